The lowest BCUT2D eigenvalue weighted by atomic mass is 10.1. The van der Waals surface area contributed by atoms with Crippen LogP contribution in [0.3, 0.4) is 0 Å². The molecule has 1 N–H and O–H groups in total. The molecule has 0 spiro atoms. The van der Waals surface area contributed by atoms with Gasteiger partial charge in [-0.3, -0.25) is 14.5 Å². The fourth-order valence-corrected chi connectivity index (χ4v) is 4.10. The van der Waals surface area contributed by atoms with Crippen LogP contribution in [0.15, 0.2) is 41.4 Å². The molecule has 3 rings (SSSR count). The van der Waals surface area contributed by atoms with Crippen molar-refractivity contribution in [3.63, 3.8) is 0 Å². The first-order valence-electron chi connectivity index (χ1n) is 9.22. The number of aliphatic imine (C=N–C) groups is 1. The summed E-state index contributed by atoms with van der Waals surface area (Å²) in [4.78, 5) is 31.2. The van der Waals surface area contributed by atoms with Crippen molar-refractivity contribution >= 4 is 40.1 Å². The van der Waals surface area contributed by atoms with Gasteiger partial charge in [-0.15, -0.1) is 0 Å². The summed E-state index contributed by atoms with van der Waals surface area (Å²) in [5, 5.41) is 3.09. The Kier molecular flexibility index (Phi) is 5.89. The molecular weight excluding hydrogens is 370 g/mol. The van der Waals surface area contributed by atoms with Crippen LogP contribution in [-0.4, -0.2) is 34.2 Å². The third-order valence-corrected chi connectivity index (χ3v) is 6.12. The lowest BCUT2D eigenvalue weighted by Gasteiger charge is -2.11. The Bertz CT molecular complexity index is 968. The van der Waals surface area contributed by atoms with Crippen LogP contribution in [-0.2, 0) is 9.59 Å². The number of hydrogen-bond donors (Lipinski definition) is 1. The molecule has 1 aliphatic heterocycles. The minimum Gasteiger partial charge on any atom is -0.326 e. The van der Waals surface area contributed by atoms with Crippen LogP contribution in [0, 0.1) is 27.7 Å². The van der Waals surface area contributed by atoms with E-state index in [1.807, 2.05) is 57.2 Å². The van der Waals surface area contributed by atoms with E-state index in [1.165, 1.54) is 22.2 Å². The molecule has 28 heavy (non-hydrogen) atoms. The molecule has 0 aromatic heterocycles. The third kappa shape index (κ3) is 4.44. The van der Waals surface area contributed by atoms with Crippen LogP contribution < -0.4 is 5.32 Å². The minimum absolute atomic E-state index is 0.0938. The summed E-state index contributed by atoms with van der Waals surface area (Å²) >= 11 is 1.34. The molecule has 6 heteroatoms. The first-order valence-corrected chi connectivity index (χ1v) is 10.1. The van der Waals surface area contributed by atoms with Crippen molar-refractivity contribution in [2.45, 2.75) is 39.4 Å². The van der Waals surface area contributed by atoms with Crippen molar-refractivity contribution in [2.75, 3.05) is 12.4 Å². The zero-order chi connectivity index (χ0) is 20.4. The fourth-order valence-electron chi connectivity index (χ4n) is 2.94. The molecule has 0 aliphatic carbocycles. The van der Waals surface area contributed by atoms with Gasteiger partial charge in [0.05, 0.1) is 5.69 Å². The van der Waals surface area contributed by atoms with Crippen molar-refractivity contribution in [1.29, 1.82) is 0 Å². The van der Waals surface area contributed by atoms with Crippen molar-refractivity contribution in [3.8, 4) is 0 Å². The molecule has 1 fully saturated rings. The largest absolute Gasteiger partial charge is 0.326 e. The van der Waals surface area contributed by atoms with Gasteiger partial charge in [0.2, 0.25) is 11.8 Å². The molecule has 2 amide bonds. The zero-order valence-electron chi connectivity index (χ0n) is 16.9. The van der Waals surface area contributed by atoms with Crippen molar-refractivity contribution in [3.05, 3.63) is 58.7 Å². The maximum absolute atomic E-state index is 12.6. The summed E-state index contributed by atoms with van der Waals surface area (Å²) in [6, 6.07) is 11.9. The topological polar surface area (TPSA) is 61.8 Å². The van der Waals surface area contributed by atoms with E-state index in [4.69, 9.17) is 0 Å². The third-order valence-electron chi connectivity index (χ3n) is 4.89. The number of amidine groups is 1. The number of anilines is 1. The number of thioether (sulfide) groups is 1. The number of aryl methyl sites for hydroxylation is 4. The molecule has 1 saturated heterocycles. The van der Waals surface area contributed by atoms with E-state index in [2.05, 4.69) is 17.2 Å². The van der Waals surface area contributed by atoms with Gasteiger partial charge in [-0.1, -0.05) is 30.0 Å². The fraction of sp³-hybridized carbons (Fsp3) is 0.318. The van der Waals surface area contributed by atoms with E-state index in [0.29, 0.717) is 5.17 Å². The van der Waals surface area contributed by atoms with Gasteiger partial charge >= 0.3 is 0 Å². The van der Waals surface area contributed by atoms with Crippen molar-refractivity contribution < 1.29 is 9.59 Å². The molecule has 0 radical (unpaired) electrons. The molecule has 2 aromatic carbocycles. The molecule has 2 aromatic rings. The SMILES string of the molecule is Cc1ccc(C)c(NC(=O)C[C@H]2SC(=Nc3ccc(C)c(C)c3)N(C)C2=O)c1. The Labute approximate surface area is 170 Å². The number of carbonyl (C=O) groups excluding carboxylic acids is 2. The van der Waals surface area contributed by atoms with E-state index in [1.54, 1.807) is 7.05 Å². The Morgan fingerprint density at radius 2 is 1.79 bits per heavy atom. The van der Waals surface area contributed by atoms with Crippen LogP contribution >= 0.6 is 11.8 Å². The Morgan fingerprint density at radius 1 is 1.07 bits per heavy atom. The van der Waals surface area contributed by atoms with Crippen LogP contribution in [0.2, 0.25) is 0 Å². The summed E-state index contributed by atoms with van der Waals surface area (Å²) in [6.07, 6.45) is 0.118. The maximum Gasteiger partial charge on any atom is 0.242 e. The highest BCUT2D eigenvalue weighted by Crippen LogP contribution is 2.31. The Morgan fingerprint density at radius 3 is 2.50 bits per heavy atom. The molecule has 0 bridgehead atoms. The number of nitrogens with one attached hydrogen (secondary N) is 1. The number of nitrogens with zero attached hydrogens (tertiary/aromatic N) is 2. The van der Waals surface area contributed by atoms with E-state index >= 15 is 0 Å². The van der Waals surface area contributed by atoms with Crippen molar-refractivity contribution in [1.82, 2.24) is 4.90 Å². The highest BCUT2D eigenvalue weighted by Gasteiger charge is 2.37. The van der Waals surface area contributed by atoms with Crippen LogP contribution in [0.4, 0.5) is 11.4 Å². The summed E-state index contributed by atoms with van der Waals surface area (Å²) in [5.74, 6) is -0.260. The summed E-state index contributed by atoms with van der Waals surface area (Å²) < 4.78 is 0. The minimum atomic E-state index is -0.458. The predicted octanol–water partition coefficient (Wildman–Crippen LogP) is 4.51. The standard InChI is InChI=1S/C22H25N3O2S/c1-13-6-7-15(3)18(10-13)24-20(26)12-19-21(27)25(5)22(28-19)23-17-9-8-14(2)16(4)11-17/h6-11,19H,12H2,1-5H3,(H,24,26)/t19-/m1/s1. The van der Waals surface area contributed by atoms with Gasteiger partial charge in [0.15, 0.2) is 5.17 Å². The Hall–Kier alpha value is -2.60. The maximum atomic E-state index is 12.6. The number of carbonyl (C=O) groups is 2. The summed E-state index contributed by atoms with van der Waals surface area (Å²) in [5.41, 5.74) is 6.04. The second-order valence-corrected chi connectivity index (χ2v) is 8.41. The number of rotatable bonds is 4. The van der Waals surface area contributed by atoms with Gasteiger partial charge in [0.1, 0.15) is 5.25 Å². The molecule has 5 nitrogen and oxygen atoms in total. The number of amides is 2. The Balaban J connectivity index is 1.70. The molecule has 1 atom stereocenters. The summed E-state index contributed by atoms with van der Waals surface area (Å²) in [7, 11) is 1.71. The van der Waals surface area contributed by atoms with Crippen LogP contribution in [0.25, 0.3) is 0 Å². The molecule has 0 unspecified atom stereocenters. The first kappa shape index (κ1) is 20.1. The predicted molar refractivity (Wildman–Crippen MR) is 116 cm³/mol. The smallest absolute Gasteiger partial charge is 0.242 e. The van der Waals surface area contributed by atoms with Crippen molar-refractivity contribution in [2.24, 2.45) is 4.99 Å². The van der Waals surface area contributed by atoms with Gasteiger partial charge in [0.25, 0.3) is 0 Å². The van der Waals surface area contributed by atoms with E-state index in [9.17, 15) is 9.59 Å². The molecule has 1 aliphatic rings. The summed E-state index contributed by atoms with van der Waals surface area (Å²) in [6.45, 7) is 8.02. The van der Waals surface area contributed by atoms with Crippen LogP contribution in [0.5, 0.6) is 0 Å². The quantitative estimate of drug-likeness (QED) is 0.828. The van der Waals surface area contributed by atoms with Gasteiger partial charge in [-0.25, -0.2) is 4.99 Å². The van der Waals surface area contributed by atoms with Gasteiger partial charge in [-0.2, -0.15) is 0 Å². The van der Waals surface area contributed by atoms with Gasteiger partial charge in [0, 0.05) is 19.2 Å². The first-order chi connectivity index (χ1) is 13.2. The van der Waals surface area contributed by atoms with Crippen LogP contribution in [0.1, 0.15) is 28.7 Å². The number of benzene rings is 2. The second-order valence-electron chi connectivity index (χ2n) is 7.24. The molecule has 146 valence electrons. The average molecular weight is 396 g/mol. The van der Waals surface area contributed by atoms with E-state index in [-0.39, 0.29) is 18.2 Å². The highest BCUT2D eigenvalue weighted by molar-refractivity contribution is 8.15. The van der Waals surface area contributed by atoms with E-state index < -0.39 is 5.25 Å². The monoisotopic (exact) mass is 395 g/mol. The molecular formula is C22H25N3O2S. The van der Waals surface area contributed by atoms with E-state index in [0.717, 1.165) is 28.1 Å². The zero-order valence-corrected chi connectivity index (χ0v) is 17.7. The molecule has 1 heterocycles. The average Bonchev–Trinajstić information content (AvgIpc) is 2.89. The molecule has 0 saturated carbocycles. The lowest BCUT2D eigenvalue weighted by Crippen LogP contribution is -2.30. The number of hydrogen-bond acceptors (Lipinski definition) is 4. The van der Waals surface area contributed by atoms with Gasteiger partial charge < -0.3 is 5.32 Å². The lowest BCUT2D eigenvalue weighted by molar-refractivity contribution is -0.127. The highest BCUT2D eigenvalue weighted by atomic mass is 32.2. The van der Waals surface area contributed by atoms with Gasteiger partial charge in [-0.05, 0) is 68.1 Å². The second kappa shape index (κ2) is 8.19. The normalized spacial score (nSPS) is 18.0.